The van der Waals surface area contributed by atoms with Gasteiger partial charge in [0.05, 0.1) is 0 Å². The summed E-state index contributed by atoms with van der Waals surface area (Å²) >= 11 is 0. The average Bonchev–Trinajstić information content (AvgIpc) is 2.21. The second-order valence-corrected chi connectivity index (χ2v) is 3.47. The van der Waals surface area contributed by atoms with Crippen molar-refractivity contribution in [2.75, 3.05) is 0 Å². The highest BCUT2D eigenvalue weighted by Crippen LogP contribution is 2.07. The zero-order valence-electron chi connectivity index (χ0n) is 7.73. The minimum absolute atomic E-state index is 0.410. The Morgan fingerprint density at radius 2 is 2.21 bits per heavy atom. The second kappa shape index (κ2) is 2.96. The number of hydrogen-bond donors (Lipinski definition) is 1. The zero-order chi connectivity index (χ0) is 10.2. The Morgan fingerprint density at radius 1 is 1.43 bits per heavy atom. The molecule has 72 valence electrons. The van der Waals surface area contributed by atoms with Gasteiger partial charge in [-0.3, -0.25) is 0 Å². The molecule has 3 nitrogen and oxygen atoms in total. The van der Waals surface area contributed by atoms with E-state index in [0.29, 0.717) is 5.42 Å². The fourth-order valence-electron chi connectivity index (χ4n) is 1.35. The molecule has 0 fully saturated rings. The highest BCUT2D eigenvalue weighted by Gasteiger charge is 2.13. The number of fused-ring (bicyclic) bond motifs is 1. The topological polar surface area (TPSA) is 50.4 Å². The quantitative estimate of drug-likeness (QED) is 0.601. The van der Waals surface area contributed by atoms with E-state index in [4.69, 9.17) is 4.42 Å². The van der Waals surface area contributed by atoms with Gasteiger partial charge in [-0.2, -0.15) is 0 Å². The molecule has 3 heteroatoms. The van der Waals surface area contributed by atoms with Gasteiger partial charge in [-0.15, -0.1) is 0 Å². The van der Waals surface area contributed by atoms with Gasteiger partial charge in [-0.1, -0.05) is 12.2 Å². The standard InChI is InChI=1S/C11H10O3/c1-11(13)6-2-3-8-4-5-10(12)14-9(8)7-11/h2-7,13H,1H3. The van der Waals surface area contributed by atoms with Gasteiger partial charge in [0, 0.05) is 11.3 Å². The van der Waals surface area contributed by atoms with Crippen molar-refractivity contribution in [1.29, 1.82) is 0 Å². The lowest BCUT2D eigenvalue weighted by molar-refractivity contribution is 0.179. The van der Waals surface area contributed by atoms with Crippen molar-refractivity contribution in [2.24, 2.45) is 0 Å². The van der Waals surface area contributed by atoms with Crippen LogP contribution in [0, 0.1) is 0 Å². The van der Waals surface area contributed by atoms with E-state index in [0.717, 1.165) is 5.22 Å². The molecule has 1 aliphatic rings. The van der Waals surface area contributed by atoms with Gasteiger partial charge < -0.3 is 9.52 Å². The van der Waals surface area contributed by atoms with Gasteiger partial charge in [0.1, 0.15) is 11.0 Å². The van der Waals surface area contributed by atoms with Crippen LogP contribution in [-0.4, -0.2) is 10.7 Å². The zero-order valence-corrected chi connectivity index (χ0v) is 7.73. The molecule has 0 saturated carbocycles. The summed E-state index contributed by atoms with van der Waals surface area (Å²) in [5.74, 6) is 0. The van der Waals surface area contributed by atoms with E-state index in [-0.39, 0.29) is 0 Å². The average molecular weight is 190 g/mol. The van der Waals surface area contributed by atoms with Gasteiger partial charge in [0.2, 0.25) is 0 Å². The van der Waals surface area contributed by atoms with E-state index in [1.807, 2.05) is 0 Å². The maximum atomic E-state index is 11.0. The third-order valence-electron chi connectivity index (χ3n) is 2.03. The lowest BCUT2D eigenvalue weighted by Gasteiger charge is -2.10. The fourth-order valence-corrected chi connectivity index (χ4v) is 1.35. The van der Waals surface area contributed by atoms with Crippen LogP contribution in [0.15, 0.2) is 33.5 Å². The Morgan fingerprint density at radius 3 is 3.00 bits per heavy atom. The fraction of sp³-hybridized carbons (Fsp3) is 0.182. The summed E-state index contributed by atoms with van der Waals surface area (Å²) in [5, 5.41) is 10.6. The molecule has 14 heavy (non-hydrogen) atoms. The van der Waals surface area contributed by atoms with Crippen LogP contribution in [0.3, 0.4) is 0 Å². The third-order valence-corrected chi connectivity index (χ3v) is 2.03. The summed E-state index contributed by atoms with van der Waals surface area (Å²) in [4.78, 5) is 11.0. The number of rotatable bonds is 0. The van der Waals surface area contributed by atoms with Crippen molar-refractivity contribution in [3.63, 3.8) is 0 Å². The van der Waals surface area contributed by atoms with Crippen molar-refractivity contribution in [1.82, 2.24) is 0 Å². The summed E-state index contributed by atoms with van der Waals surface area (Å²) in [6, 6.07) is 3.03. The van der Waals surface area contributed by atoms with E-state index < -0.39 is 11.2 Å². The Balaban J connectivity index is 2.84. The molecular weight excluding hydrogens is 180 g/mol. The molecule has 0 aliphatic heterocycles. The summed E-state index contributed by atoms with van der Waals surface area (Å²) in [5.41, 5.74) is -1.07. The summed E-state index contributed by atoms with van der Waals surface area (Å²) < 4.78 is 4.97. The molecule has 1 unspecified atom stereocenters. The number of aliphatic hydroxyl groups is 1. The van der Waals surface area contributed by atoms with Gasteiger partial charge >= 0.3 is 5.63 Å². The van der Waals surface area contributed by atoms with Gasteiger partial charge in [0.25, 0.3) is 0 Å². The molecule has 1 aliphatic carbocycles. The summed E-state index contributed by atoms with van der Waals surface area (Å²) in [6.45, 7) is 1.62. The molecule has 0 radical (unpaired) electrons. The second-order valence-electron chi connectivity index (χ2n) is 3.47. The van der Waals surface area contributed by atoms with E-state index in [2.05, 4.69) is 0 Å². The van der Waals surface area contributed by atoms with Crippen molar-refractivity contribution >= 4 is 12.2 Å². The minimum Gasteiger partial charge on any atom is -0.423 e. The smallest absolute Gasteiger partial charge is 0.336 e. The molecule has 1 aromatic heterocycles. The molecule has 2 rings (SSSR count). The third kappa shape index (κ3) is 1.67. The predicted octanol–water partition coefficient (Wildman–Crippen LogP) is -0.478. The van der Waals surface area contributed by atoms with Crippen LogP contribution in [-0.2, 0) is 0 Å². The van der Waals surface area contributed by atoms with Crippen molar-refractivity contribution in [3.8, 4) is 0 Å². The van der Waals surface area contributed by atoms with Crippen LogP contribution in [0.5, 0.6) is 0 Å². The highest BCUT2D eigenvalue weighted by molar-refractivity contribution is 5.47. The van der Waals surface area contributed by atoms with Crippen LogP contribution < -0.4 is 16.3 Å². The van der Waals surface area contributed by atoms with Gasteiger partial charge in [-0.25, -0.2) is 4.79 Å². The molecule has 1 heterocycles. The molecule has 0 saturated heterocycles. The molecule has 0 amide bonds. The van der Waals surface area contributed by atoms with Crippen LogP contribution in [0.2, 0.25) is 0 Å². The van der Waals surface area contributed by atoms with Crippen molar-refractivity contribution in [2.45, 2.75) is 12.5 Å². The van der Waals surface area contributed by atoms with E-state index in [1.165, 1.54) is 12.1 Å². The minimum atomic E-state index is -1.07. The lowest BCUT2D eigenvalue weighted by atomic mass is 10.1. The molecule has 0 spiro atoms. The van der Waals surface area contributed by atoms with Crippen LogP contribution in [0.25, 0.3) is 12.2 Å². The van der Waals surface area contributed by atoms with Gasteiger partial charge in [0.15, 0.2) is 0 Å². The van der Waals surface area contributed by atoms with E-state index in [1.54, 1.807) is 31.2 Å². The largest absolute Gasteiger partial charge is 0.423 e. The summed E-state index contributed by atoms with van der Waals surface area (Å²) in [7, 11) is 0. The molecule has 0 aromatic carbocycles. The van der Waals surface area contributed by atoms with Crippen LogP contribution in [0.1, 0.15) is 6.92 Å². The molecule has 1 N–H and O–H groups in total. The molecule has 0 bridgehead atoms. The van der Waals surface area contributed by atoms with Crippen molar-refractivity contribution < 1.29 is 9.52 Å². The first-order valence-electron chi connectivity index (χ1n) is 4.32. The van der Waals surface area contributed by atoms with Crippen molar-refractivity contribution in [3.05, 3.63) is 45.3 Å². The first kappa shape index (κ1) is 8.97. The maximum absolute atomic E-state index is 11.0. The first-order valence-corrected chi connectivity index (χ1v) is 4.32. The maximum Gasteiger partial charge on any atom is 0.336 e. The van der Waals surface area contributed by atoms with Gasteiger partial charge in [-0.05, 0) is 25.1 Å². The number of hydrogen-bond acceptors (Lipinski definition) is 3. The molecular formula is C11H10O3. The number of allylic oxidation sites excluding steroid dienone is 1. The van der Waals surface area contributed by atoms with E-state index >= 15 is 0 Å². The Hall–Kier alpha value is -1.61. The van der Waals surface area contributed by atoms with Crippen LogP contribution in [0.4, 0.5) is 0 Å². The highest BCUT2D eigenvalue weighted by atomic mass is 16.4. The SMILES string of the molecule is CC1(O)C=CC=c2ccc(=O)oc2=C1. The molecule has 1 atom stereocenters. The molecule has 1 aromatic rings. The van der Waals surface area contributed by atoms with Crippen LogP contribution >= 0.6 is 0 Å². The Kier molecular flexibility index (Phi) is 1.89. The first-order chi connectivity index (χ1) is 6.57. The normalized spacial score (nSPS) is 24.4. The predicted molar refractivity (Wildman–Crippen MR) is 52.9 cm³/mol. The Bertz CT molecular complexity index is 547. The Labute approximate surface area is 80.3 Å². The van der Waals surface area contributed by atoms with E-state index in [9.17, 15) is 9.90 Å². The lowest BCUT2D eigenvalue weighted by Crippen LogP contribution is -2.31. The summed E-state index contributed by atoms with van der Waals surface area (Å²) in [6.07, 6.45) is 6.68. The monoisotopic (exact) mass is 190 g/mol.